The van der Waals surface area contributed by atoms with Gasteiger partial charge < -0.3 is 15.2 Å². The molecule has 1 amide bonds. The summed E-state index contributed by atoms with van der Waals surface area (Å²) in [5, 5.41) is 11.3. The number of nitrogens with one attached hydrogen (secondary N) is 1. The molecular formula is C14H17NO4. The van der Waals surface area contributed by atoms with Gasteiger partial charge >= 0.3 is 5.97 Å². The number of allylic oxidation sites excluding steroid dienone is 1. The molecule has 0 saturated carbocycles. The first-order valence-corrected chi connectivity index (χ1v) is 5.93. The smallest absolute Gasteiger partial charge is 0.341 e. The first kappa shape index (κ1) is 14.8. The Balaban J connectivity index is 2.45. The van der Waals surface area contributed by atoms with E-state index in [0.29, 0.717) is 25.1 Å². The number of benzene rings is 1. The van der Waals surface area contributed by atoms with E-state index in [-0.39, 0.29) is 12.5 Å². The molecule has 5 heteroatoms. The summed E-state index contributed by atoms with van der Waals surface area (Å²) in [6.07, 6.45) is 2.76. The molecular weight excluding hydrogens is 246 g/mol. The fourth-order valence-corrected chi connectivity index (χ4v) is 1.41. The Kier molecular flexibility index (Phi) is 6.15. The van der Waals surface area contributed by atoms with Crippen molar-refractivity contribution >= 4 is 11.9 Å². The van der Waals surface area contributed by atoms with Gasteiger partial charge in [-0.15, -0.1) is 6.58 Å². The standard InChI is InChI=1S/C14H17NO4/c1-2-3-7-13(16)15-9-11-5-4-6-12(8-11)19-10-14(17)18/h2,4-6,8H,1,3,7,9-10H2,(H,15,16)(H,17,18). The van der Waals surface area contributed by atoms with E-state index in [1.54, 1.807) is 24.3 Å². The summed E-state index contributed by atoms with van der Waals surface area (Å²) in [5.74, 6) is -0.597. The highest BCUT2D eigenvalue weighted by molar-refractivity contribution is 5.76. The van der Waals surface area contributed by atoms with Crippen molar-refractivity contribution in [3.8, 4) is 5.75 Å². The van der Waals surface area contributed by atoms with Gasteiger partial charge in [-0.25, -0.2) is 4.79 Å². The molecule has 0 heterocycles. The Morgan fingerprint density at radius 2 is 2.21 bits per heavy atom. The number of ether oxygens (including phenoxy) is 1. The molecule has 1 aromatic rings. The molecule has 5 nitrogen and oxygen atoms in total. The Labute approximate surface area is 111 Å². The number of carbonyl (C=O) groups excluding carboxylic acids is 1. The zero-order valence-corrected chi connectivity index (χ0v) is 10.6. The van der Waals surface area contributed by atoms with E-state index in [9.17, 15) is 9.59 Å². The minimum atomic E-state index is -1.02. The van der Waals surface area contributed by atoms with Crippen LogP contribution in [0, 0.1) is 0 Å². The van der Waals surface area contributed by atoms with Crippen LogP contribution >= 0.6 is 0 Å². The predicted molar refractivity (Wildman–Crippen MR) is 70.9 cm³/mol. The molecule has 0 radical (unpaired) electrons. The Hall–Kier alpha value is -2.30. The van der Waals surface area contributed by atoms with Gasteiger partial charge in [0.25, 0.3) is 0 Å². The number of rotatable bonds is 8. The van der Waals surface area contributed by atoms with Gasteiger partial charge in [0, 0.05) is 13.0 Å². The highest BCUT2D eigenvalue weighted by atomic mass is 16.5. The third-order valence-corrected chi connectivity index (χ3v) is 2.33. The minimum Gasteiger partial charge on any atom is -0.482 e. The number of aliphatic carboxylic acids is 1. The average Bonchev–Trinajstić information content (AvgIpc) is 2.41. The normalized spacial score (nSPS) is 9.68. The molecule has 0 saturated heterocycles. The Morgan fingerprint density at radius 1 is 1.42 bits per heavy atom. The van der Waals surface area contributed by atoms with Crippen molar-refractivity contribution in [3.05, 3.63) is 42.5 Å². The van der Waals surface area contributed by atoms with Gasteiger partial charge in [0.15, 0.2) is 6.61 Å². The molecule has 2 N–H and O–H groups in total. The molecule has 102 valence electrons. The average molecular weight is 263 g/mol. The van der Waals surface area contributed by atoms with Crippen LogP contribution in [0.2, 0.25) is 0 Å². The fourth-order valence-electron chi connectivity index (χ4n) is 1.41. The highest BCUT2D eigenvalue weighted by Crippen LogP contribution is 2.13. The minimum absolute atomic E-state index is 0.0447. The van der Waals surface area contributed by atoms with Crippen LogP contribution in [-0.4, -0.2) is 23.6 Å². The van der Waals surface area contributed by atoms with Gasteiger partial charge in [-0.05, 0) is 24.1 Å². The molecule has 0 aromatic heterocycles. The second-order valence-electron chi connectivity index (χ2n) is 3.93. The van der Waals surface area contributed by atoms with E-state index >= 15 is 0 Å². The van der Waals surface area contributed by atoms with Crippen molar-refractivity contribution < 1.29 is 19.4 Å². The molecule has 0 aliphatic rings. The van der Waals surface area contributed by atoms with Crippen LogP contribution in [-0.2, 0) is 16.1 Å². The monoisotopic (exact) mass is 263 g/mol. The molecule has 0 bridgehead atoms. The second kappa shape index (κ2) is 7.92. The van der Waals surface area contributed by atoms with Crippen molar-refractivity contribution in [2.45, 2.75) is 19.4 Å². The molecule has 1 rings (SSSR count). The molecule has 0 fully saturated rings. The van der Waals surface area contributed by atoms with Gasteiger partial charge in [-0.2, -0.15) is 0 Å². The van der Waals surface area contributed by atoms with Gasteiger partial charge in [0.1, 0.15) is 5.75 Å². The lowest BCUT2D eigenvalue weighted by Crippen LogP contribution is -2.22. The van der Waals surface area contributed by atoms with Crippen LogP contribution in [0.5, 0.6) is 5.75 Å². The van der Waals surface area contributed by atoms with Crippen LogP contribution in [0.4, 0.5) is 0 Å². The van der Waals surface area contributed by atoms with E-state index in [2.05, 4.69) is 11.9 Å². The zero-order chi connectivity index (χ0) is 14.1. The first-order chi connectivity index (χ1) is 9.11. The van der Waals surface area contributed by atoms with Crippen molar-refractivity contribution in [2.75, 3.05) is 6.61 Å². The van der Waals surface area contributed by atoms with Crippen LogP contribution in [0.1, 0.15) is 18.4 Å². The summed E-state index contributed by atoms with van der Waals surface area (Å²) in [6.45, 7) is 3.56. The number of carboxylic acid groups (broad SMARTS) is 1. The zero-order valence-electron chi connectivity index (χ0n) is 10.6. The molecule has 1 aromatic carbocycles. The number of hydrogen-bond donors (Lipinski definition) is 2. The van der Waals surface area contributed by atoms with E-state index in [4.69, 9.17) is 9.84 Å². The van der Waals surface area contributed by atoms with Gasteiger partial charge in [0.2, 0.25) is 5.91 Å². The first-order valence-electron chi connectivity index (χ1n) is 5.93. The maximum atomic E-state index is 11.4. The van der Waals surface area contributed by atoms with Crippen LogP contribution in [0.25, 0.3) is 0 Å². The lowest BCUT2D eigenvalue weighted by molar-refractivity contribution is -0.139. The van der Waals surface area contributed by atoms with Crippen LogP contribution < -0.4 is 10.1 Å². The maximum absolute atomic E-state index is 11.4. The quantitative estimate of drug-likeness (QED) is 0.700. The third kappa shape index (κ3) is 6.26. The van der Waals surface area contributed by atoms with Crippen molar-refractivity contribution in [1.82, 2.24) is 5.32 Å². The van der Waals surface area contributed by atoms with Crippen molar-refractivity contribution in [3.63, 3.8) is 0 Å². The topological polar surface area (TPSA) is 75.6 Å². The number of carbonyl (C=O) groups is 2. The number of amides is 1. The highest BCUT2D eigenvalue weighted by Gasteiger charge is 2.02. The molecule has 19 heavy (non-hydrogen) atoms. The van der Waals surface area contributed by atoms with Crippen LogP contribution in [0.15, 0.2) is 36.9 Å². The van der Waals surface area contributed by atoms with E-state index in [1.807, 2.05) is 6.07 Å². The van der Waals surface area contributed by atoms with Gasteiger partial charge in [0.05, 0.1) is 0 Å². The molecule has 0 unspecified atom stereocenters. The predicted octanol–water partition coefficient (Wildman–Crippen LogP) is 1.73. The van der Waals surface area contributed by atoms with E-state index < -0.39 is 5.97 Å². The lowest BCUT2D eigenvalue weighted by Gasteiger charge is -2.07. The summed E-state index contributed by atoms with van der Waals surface area (Å²) in [6, 6.07) is 6.96. The second-order valence-corrected chi connectivity index (χ2v) is 3.93. The van der Waals surface area contributed by atoms with Gasteiger partial charge in [-0.3, -0.25) is 4.79 Å². The molecule has 0 aliphatic carbocycles. The van der Waals surface area contributed by atoms with Crippen molar-refractivity contribution in [1.29, 1.82) is 0 Å². The summed E-state index contributed by atoms with van der Waals surface area (Å²) >= 11 is 0. The van der Waals surface area contributed by atoms with E-state index in [0.717, 1.165) is 5.56 Å². The van der Waals surface area contributed by atoms with Crippen molar-refractivity contribution in [2.24, 2.45) is 0 Å². The molecule has 0 atom stereocenters. The van der Waals surface area contributed by atoms with E-state index in [1.165, 1.54) is 0 Å². The molecule has 0 spiro atoms. The lowest BCUT2D eigenvalue weighted by atomic mass is 10.2. The fraction of sp³-hybridized carbons (Fsp3) is 0.286. The Morgan fingerprint density at radius 3 is 2.89 bits per heavy atom. The Bertz CT molecular complexity index is 457. The maximum Gasteiger partial charge on any atom is 0.341 e. The third-order valence-electron chi connectivity index (χ3n) is 2.33. The molecule has 0 aliphatic heterocycles. The largest absolute Gasteiger partial charge is 0.482 e. The summed E-state index contributed by atoms with van der Waals surface area (Å²) in [7, 11) is 0. The van der Waals surface area contributed by atoms with Gasteiger partial charge in [-0.1, -0.05) is 18.2 Å². The number of carboxylic acids is 1. The SMILES string of the molecule is C=CCCC(=O)NCc1cccc(OCC(=O)O)c1. The number of hydrogen-bond acceptors (Lipinski definition) is 3. The summed E-state index contributed by atoms with van der Waals surface area (Å²) in [4.78, 5) is 21.8. The summed E-state index contributed by atoms with van der Waals surface area (Å²) < 4.78 is 5.05. The summed E-state index contributed by atoms with van der Waals surface area (Å²) in [5.41, 5.74) is 0.856. The van der Waals surface area contributed by atoms with Crippen LogP contribution in [0.3, 0.4) is 0 Å².